The van der Waals surface area contributed by atoms with Gasteiger partial charge in [-0.2, -0.15) is 0 Å². The first-order chi connectivity index (χ1) is 8.49. The van der Waals surface area contributed by atoms with E-state index in [0.29, 0.717) is 5.92 Å². The number of rotatable bonds is 3. The van der Waals surface area contributed by atoms with Crippen molar-refractivity contribution < 1.29 is 0 Å². The molecule has 0 radical (unpaired) electrons. The summed E-state index contributed by atoms with van der Waals surface area (Å²) >= 11 is 0. The van der Waals surface area contributed by atoms with E-state index in [-0.39, 0.29) is 6.04 Å². The van der Waals surface area contributed by atoms with E-state index in [4.69, 9.17) is 5.73 Å². The third-order valence-electron chi connectivity index (χ3n) is 3.19. The summed E-state index contributed by atoms with van der Waals surface area (Å²) in [4.78, 5) is 7.82. The molecule has 0 bridgehead atoms. The van der Waals surface area contributed by atoms with Crippen molar-refractivity contribution in [3.8, 4) is 11.3 Å². The van der Waals surface area contributed by atoms with Crippen LogP contribution in [0.5, 0.6) is 0 Å². The van der Waals surface area contributed by atoms with Crippen LogP contribution in [0.4, 0.5) is 0 Å². The summed E-state index contributed by atoms with van der Waals surface area (Å²) in [7, 11) is 0. The number of nitrogens with two attached hydrogens (primary N) is 1. The molecule has 1 atom stereocenters. The fourth-order valence-corrected chi connectivity index (χ4v) is 2.01. The number of aromatic amines is 1. The maximum Gasteiger partial charge on any atom is 0.123 e. The summed E-state index contributed by atoms with van der Waals surface area (Å²) < 4.78 is 0. The summed E-state index contributed by atoms with van der Waals surface area (Å²) in [6.45, 7) is 8.36. The Labute approximate surface area is 108 Å². The number of nitrogens with zero attached hydrogens (tertiary/aromatic N) is 1. The Kier molecular flexibility index (Phi) is 3.53. The van der Waals surface area contributed by atoms with E-state index < -0.39 is 0 Å². The van der Waals surface area contributed by atoms with Crippen LogP contribution in [0.2, 0.25) is 0 Å². The number of imidazole rings is 1. The van der Waals surface area contributed by atoms with Gasteiger partial charge in [0.25, 0.3) is 0 Å². The summed E-state index contributed by atoms with van der Waals surface area (Å²) in [5.41, 5.74) is 10.4. The lowest BCUT2D eigenvalue weighted by molar-refractivity contribution is 0.754. The Morgan fingerprint density at radius 2 is 1.72 bits per heavy atom. The minimum Gasteiger partial charge on any atom is -0.344 e. The van der Waals surface area contributed by atoms with Gasteiger partial charge >= 0.3 is 0 Å². The Morgan fingerprint density at radius 1 is 1.11 bits per heavy atom. The van der Waals surface area contributed by atoms with Gasteiger partial charge in [-0.15, -0.1) is 0 Å². The van der Waals surface area contributed by atoms with Crippen LogP contribution in [-0.2, 0) is 0 Å². The second-order valence-electron chi connectivity index (χ2n) is 5.16. The average molecular weight is 243 g/mol. The van der Waals surface area contributed by atoms with E-state index in [9.17, 15) is 0 Å². The second kappa shape index (κ2) is 4.94. The molecule has 0 saturated carbocycles. The SMILES string of the molecule is Cc1[nH]c(C(C)N)nc1-c1ccc(C(C)C)cc1. The first-order valence-electron chi connectivity index (χ1n) is 6.41. The van der Waals surface area contributed by atoms with E-state index in [1.54, 1.807) is 0 Å². The van der Waals surface area contributed by atoms with Gasteiger partial charge in [0.1, 0.15) is 5.82 Å². The molecule has 3 N–H and O–H groups in total. The minimum atomic E-state index is -0.0626. The number of hydrogen-bond donors (Lipinski definition) is 2. The van der Waals surface area contributed by atoms with Crippen LogP contribution >= 0.6 is 0 Å². The van der Waals surface area contributed by atoms with Crippen molar-refractivity contribution in [2.45, 2.75) is 39.7 Å². The normalized spacial score (nSPS) is 13.0. The Morgan fingerprint density at radius 3 is 2.17 bits per heavy atom. The number of hydrogen-bond acceptors (Lipinski definition) is 2. The summed E-state index contributed by atoms with van der Waals surface area (Å²) in [5.74, 6) is 1.40. The van der Waals surface area contributed by atoms with Gasteiger partial charge in [-0.25, -0.2) is 4.98 Å². The van der Waals surface area contributed by atoms with E-state index in [2.05, 4.69) is 48.1 Å². The Balaban J connectivity index is 2.36. The summed E-state index contributed by atoms with van der Waals surface area (Å²) in [5, 5.41) is 0. The van der Waals surface area contributed by atoms with Gasteiger partial charge in [0.2, 0.25) is 0 Å². The van der Waals surface area contributed by atoms with Crippen LogP contribution in [-0.4, -0.2) is 9.97 Å². The number of aromatic nitrogens is 2. The molecule has 1 heterocycles. The molecule has 0 amide bonds. The zero-order chi connectivity index (χ0) is 13.3. The first-order valence-corrected chi connectivity index (χ1v) is 6.41. The van der Waals surface area contributed by atoms with Crippen LogP contribution in [0.25, 0.3) is 11.3 Å². The molecule has 0 aliphatic carbocycles. The molecular formula is C15H21N3. The molecule has 0 saturated heterocycles. The molecule has 1 unspecified atom stereocenters. The molecule has 3 nitrogen and oxygen atoms in total. The van der Waals surface area contributed by atoms with Crippen molar-refractivity contribution in [2.24, 2.45) is 5.73 Å². The molecular weight excluding hydrogens is 222 g/mol. The van der Waals surface area contributed by atoms with Gasteiger partial charge in [-0.3, -0.25) is 0 Å². The lowest BCUT2D eigenvalue weighted by Gasteiger charge is -2.06. The molecule has 1 aromatic heterocycles. The molecule has 1 aromatic carbocycles. The lowest BCUT2D eigenvalue weighted by Crippen LogP contribution is -2.06. The van der Waals surface area contributed by atoms with Crippen molar-refractivity contribution in [1.29, 1.82) is 0 Å². The minimum absolute atomic E-state index is 0.0626. The van der Waals surface area contributed by atoms with Gasteiger partial charge in [-0.1, -0.05) is 38.1 Å². The van der Waals surface area contributed by atoms with Crippen LogP contribution in [0, 0.1) is 6.92 Å². The number of H-pyrrole nitrogens is 1. The highest BCUT2D eigenvalue weighted by Crippen LogP contribution is 2.24. The summed E-state index contributed by atoms with van der Waals surface area (Å²) in [6.07, 6.45) is 0. The van der Waals surface area contributed by atoms with Crippen molar-refractivity contribution in [1.82, 2.24) is 9.97 Å². The van der Waals surface area contributed by atoms with E-state index in [1.165, 1.54) is 5.56 Å². The van der Waals surface area contributed by atoms with Gasteiger partial charge in [-0.05, 0) is 25.3 Å². The number of benzene rings is 1. The van der Waals surface area contributed by atoms with E-state index in [0.717, 1.165) is 22.8 Å². The zero-order valence-corrected chi connectivity index (χ0v) is 11.5. The van der Waals surface area contributed by atoms with Crippen molar-refractivity contribution in [3.05, 3.63) is 41.3 Å². The highest BCUT2D eigenvalue weighted by molar-refractivity contribution is 5.62. The van der Waals surface area contributed by atoms with Gasteiger partial charge in [0, 0.05) is 11.3 Å². The van der Waals surface area contributed by atoms with Crippen LogP contribution in [0.15, 0.2) is 24.3 Å². The standard InChI is InChI=1S/C15H21N3/c1-9(2)12-5-7-13(8-6-12)14-11(4)17-15(18-14)10(3)16/h5-10H,16H2,1-4H3,(H,17,18). The molecule has 2 rings (SSSR count). The predicted molar refractivity (Wildman–Crippen MR) is 75.5 cm³/mol. The molecule has 0 fully saturated rings. The molecule has 0 aliphatic heterocycles. The topological polar surface area (TPSA) is 54.7 Å². The van der Waals surface area contributed by atoms with E-state index in [1.807, 2.05) is 13.8 Å². The average Bonchev–Trinajstić information content (AvgIpc) is 2.71. The van der Waals surface area contributed by atoms with Crippen molar-refractivity contribution in [2.75, 3.05) is 0 Å². The molecule has 2 aromatic rings. The molecule has 0 spiro atoms. The second-order valence-corrected chi connectivity index (χ2v) is 5.16. The zero-order valence-electron chi connectivity index (χ0n) is 11.5. The highest BCUT2D eigenvalue weighted by Gasteiger charge is 2.11. The smallest absolute Gasteiger partial charge is 0.123 e. The third-order valence-corrected chi connectivity index (χ3v) is 3.19. The van der Waals surface area contributed by atoms with Crippen LogP contribution in [0.1, 0.15) is 49.8 Å². The predicted octanol–water partition coefficient (Wildman–Crippen LogP) is 3.53. The lowest BCUT2D eigenvalue weighted by atomic mass is 10.0. The molecule has 18 heavy (non-hydrogen) atoms. The molecule has 3 heteroatoms. The first kappa shape index (κ1) is 12.8. The van der Waals surface area contributed by atoms with Gasteiger partial charge < -0.3 is 10.7 Å². The monoisotopic (exact) mass is 243 g/mol. The number of nitrogens with one attached hydrogen (secondary N) is 1. The number of aryl methyl sites for hydroxylation is 1. The largest absolute Gasteiger partial charge is 0.344 e. The fraction of sp³-hybridized carbons (Fsp3) is 0.400. The molecule has 0 aliphatic rings. The van der Waals surface area contributed by atoms with Crippen molar-refractivity contribution in [3.63, 3.8) is 0 Å². The third kappa shape index (κ3) is 2.46. The molecule has 96 valence electrons. The quantitative estimate of drug-likeness (QED) is 0.866. The maximum absolute atomic E-state index is 5.84. The van der Waals surface area contributed by atoms with Crippen molar-refractivity contribution >= 4 is 0 Å². The van der Waals surface area contributed by atoms with Crippen LogP contribution in [0.3, 0.4) is 0 Å². The van der Waals surface area contributed by atoms with Crippen LogP contribution < -0.4 is 5.73 Å². The Hall–Kier alpha value is -1.61. The fourth-order valence-electron chi connectivity index (χ4n) is 2.01. The van der Waals surface area contributed by atoms with Gasteiger partial charge in [0.15, 0.2) is 0 Å². The van der Waals surface area contributed by atoms with E-state index >= 15 is 0 Å². The maximum atomic E-state index is 5.84. The highest BCUT2D eigenvalue weighted by atomic mass is 15.0. The Bertz CT molecular complexity index is 521. The van der Waals surface area contributed by atoms with Gasteiger partial charge in [0.05, 0.1) is 11.7 Å². The summed E-state index contributed by atoms with van der Waals surface area (Å²) in [6, 6.07) is 8.53.